The van der Waals surface area contributed by atoms with Crippen LogP contribution >= 0.6 is 0 Å². The van der Waals surface area contributed by atoms with Gasteiger partial charge in [0.25, 0.3) is 0 Å². The minimum absolute atomic E-state index is 0.680. The van der Waals surface area contributed by atoms with Gasteiger partial charge in [0.15, 0.2) is 0 Å². The Labute approximate surface area is 95.0 Å². The molecule has 3 heteroatoms. The Morgan fingerprint density at radius 1 is 1.25 bits per heavy atom. The van der Waals surface area contributed by atoms with Gasteiger partial charge in [-0.05, 0) is 6.92 Å². The van der Waals surface area contributed by atoms with Crippen LogP contribution in [0.2, 0.25) is 0 Å². The molecule has 0 aliphatic rings. The SMILES string of the molecule is CCOCCc1cc(-c2ccccc2)no1. The zero-order valence-corrected chi connectivity index (χ0v) is 9.35. The lowest BCUT2D eigenvalue weighted by Gasteiger charge is -1.95. The average molecular weight is 217 g/mol. The molecule has 1 heterocycles. The van der Waals surface area contributed by atoms with Crippen LogP contribution in [0.4, 0.5) is 0 Å². The van der Waals surface area contributed by atoms with Gasteiger partial charge in [0.1, 0.15) is 11.5 Å². The maximum Gasteiger partial charge on any atom is 0.139 e. The molecule has 84 valence electrons. The first kappa shape index (κ1) is 10.9. The van der Waals surface area contributed by atoms with Crippen LogP contribution in [-0.2, 0) is 11.2 Å². The Kier molecular flexibility index (Phi) is 3.72. The summed E-state index contributed by atoms with van der Waals surface area (Å²) in [4.78, 5) is 0. The van der Waals surface area contributed by atoms with Gasteiger partial charge in [-0.3, -0.25) is 0 Å². The molecule has 2 rings (SSSR count). The molecule has 16 heavy (non-hydrogen) atoms. The lowest BCUT2D eigenvalue weighted by Crippen LogP contribution is -1.96. The second kappa shape index (κ2) is 5.47. The molecule has 0 N–H and O–H groups in total. The fourth-order valence-corrected chi connectivity index (χ4v) is 1.49. The first-order valence-electron chi connectivity index (χ1n) is 5.49. The topological polar surface area (TPSA) is 35.3 Å². The van der Waals surface area contributed by atoms with Crippen LogP contribution in [0.15, 0.2) is 40.9 Å². The van der Waals surface area contributed by atoms with Gasteiger partial charge in [-0.2, -0.15) is 0 Å². The van der Waals surface area contributed by atoms with Crippen LogP contribution in [0.1, 0.15) is 12.7 Å². The standard InChI is InChI=1S/C13H15NO2/c1-2-15-9-8-12-10-13(14-16-12)11-6-4-3-5-7-11/h3-7,10H,2,8-9H2,1H3. The second-order valence-corrected chi connectivity index (χ2v) is 3.49. The van der Waals surface area contributed by atoms with Gasteiger partial charge in [0.2, 0.25) is 0 Å². The van der Waals surface area contributed by atoms with Gasteiger partial charge >= 0.3 is 0 Å². The molecule has 0 fully saturated rings. The van der Waals surface area contributed by atoms with E-state index in [2.05, 4.69) is 5.16 Å². The molecular formula is C13H15NO2. The predicted molar refractivity (Wildman–Crippen MR) is 62.1 cm³/mol. The van der Waals surface area contributed by atoms with Crippen molar-refractivity contribution in [2.75, 3.05) is 13.2 Å². The third-order valence-electron chi connectivity index (χ3n) is 2.33. The van der Waals surface area contributed by atoms with Gasteiger partial charge in [-0.15, -0.1) is 0 Å². The van der Waals surface area contributed by atoms with Gasteiger partial charge in [0, 0.05) is 24.7 Å². The fourth-order valence-electron chi connectivity index (χ4n) is 1.49. The number of rotatable bonds is 5. The summed E-state index contributed by atoms with van der Waals surface area (Å²) < 4.78 is 10.5. The Hall–Kier alpha value is -1.61. The minimum atomic E-state index is 0.680. The van der Waals surface area contributed by atoms with Crippen LogP contribution in [0, 0.1) is 0 Å². The van der Waals surface area contributed by atoms with Crippen molar-refractivity contribution in [2.24, 2.45) is 0 Å². The highest BCUT2D eigenvalue weighted by Crippen LogP contribution is 2.18. The number of aromatic nitrogens is 1. The largest absolute Gasteiger partial charge is 0.381 e. The zero-order valence-electron chi connectivity index (χ0n) is 9.35. The molecule has 1 aromatic carbocycles. The highest BCUT2D eigenvalue weighted by molar-refractivity contribution is 5.58. The molecule has 0 bridgehead atoms. The normalized spacial score (nSPS) is 10.6. The fraction of sp³-hybridized carbons (Fsp3) is 0.308. The average Bonchev–Trinajstić information content (AvgIpc) is 2.79. The molecule has 0 amide bonds. The first-order valence-corrected chi connectivity index (χ1v) is 5.49. The molecule has 0 saturated carbocycles. The van der Waals surface area contributed by atoms with Gasteiger partial charge in [0.05, 0.1) is 6.61 Å². The zero-order chi connectivity index (χ0) is 11.2. The van der Waals surface area contributed by atoms with Crippen LogP contribution in [-0.4, -0.2) is 18.4 Å². The van der Waals surface area contributed by atoms with E-state index in [4.69, 9.17) is 9.26 Å². The van der Waals surface area contributed by atoms with Crippen LogP contribution in [0.25, 0.3) is 11.3 Å². The summed E-state index contributed by atoms with van der Waals surface area (Å²) in [5, 5.41) is 4.03. The van der Waals surface area contributed by atoms with Crippen LogP contribution in [0.5, 0.6) is 0 Å². The van der Waals surface area contributed by atoms with Crippen molar-refractivity contribution in [2.45, 2.75) is 13.3 Å². The molecular weight excluding hydrogens is 202 g/mol. The Balaban J connectivity index is 2.02. The quantitative estimate of drug-likeness (QED) is 0.722. The third kappa shape index (κ3) is 2.70. The van der Waals surface area contributed by atoms with Gasteiger partial charge in [-0.1, -0.05) is 35.5 Å². The molecule has 0 atom stereocenters. The Bertz CT molecular complexity index is 423. The first-order chi connectivity index (χ1) is 7.90. The van der Waals surface area contributed by atoms with Crippen LogP contribution < -0.4 is 0 Å². The second-order valence-electron chi connectivity index (χ2n) is 3.49. The van der Waals surface area contributed by atoms with Crippen molar-refractivity contribution < 1.29 is 9.26 Å². The smallest absolute Gasteiger partial charge is 0.139 e. The Morgan fingerprint density at radius 3 is 2.81 bits per heavy atom. The van der Waals surface area contributed by atoms with E-state index in [0.717, 1.165) is 30.0 Å². The van der Waals surface area contributed by atoms with E-state index in [1.165, 1.54) is 0 Å². The summed E-state index contributed by atoms with van der Waals surface area (Å²) in [6, 6.07) is 12.0. The van der Waals surface area contributed by atoms with E-state index in [1.54, 1.807) is 0 Å². The summed E-state index contributed by atoms with van der Waals surface area (Å²) >= 11 is 0. The molecule has 0 spiro atoms. The highest BCUT2D eigenvalue weighted by Gasteiger charge is 2.05. The van der Waals surface area contributed by atoms with E-state index >= 15 is 0 Å². The maximum atomic E-state index is 5.26. The highest BCUT2D eigenvalue weighted by atomic mass is 16.5. The minimum Gasteiger partial charge on any atom is -0.381 e. The molecule has 1 aromatic heterocycles. The molecule has 0 radical (unpaired) electrons. The van der Waals surface area contributed by atoms with Crippen molar-refractivity contribution in [1.29, 1.82) is 0 Å². The molecule has 0 unspecified atom stereocenters. The monoisotopic (exact) mass is 217 g/mol. The summed E-state index contributed by atoms with van der Waals surface area (Å²) in [6.45, 7) is 3.40. The van der Waals surface area contributed by atoms with Gasteiger partial charge < -0.3 is 9.26 Å². The van der Waals surface area contributed by atoms with E-state index in [9.17, 15) is 0 Å². The summed E-state index contributed by atoms with van der Waals surface area (Å²) in [5.41, 5.74) is 1.96. The van der Waals surface area contributed by atoms with Crippen molar-refractivity contribution >= 4 is 0 Å². The predicted octanol–water partition coefficient (Wildman–Crippen LogP) is 2.92. The lowest BCUT2D eigenvalue weighted by molar-refractivity contribution is 0.145. The molecule has 0 aliphatic carbocycles. The summed E-state index contributed by atoms with van der Waals surface area (Å²) in [7, 11) is 0. The van der Waals surface area contributed by atoms with Crippen molar-refractivity contribution in [3.63, 3.8) is 0 Å². The van der Waals surface area contributed by atoms with Gasteiger partial charge in [-0.25, -0.2) is 0 Å². The van der Waals surface area contributed by atoms with Crippen molar-refractivity contribution in [1.82, 2.24) is 5.16 Å². The number of benzene rings is 1. The summed E-state index contributed by atoms with van der Waals surface area (Å²) in [6.07, 6.45) is 0.772. The number of ether oxygens (including phenoxy) is 1. The van der Waals surface area contributed by atoms with Crippen molar-refractivity contribution in [3.8, 4) is 11.3 Å². The van der Waals surface area contributed by atoms with E-state index in [-0.39, 0.29) is 0 Å². The molecule has 2 aromatic rings. The van der Waals surface area contributed by atoms with E-state index in [0.29, 0.717) is 6.61 Å². The van der Waals surface area contributed by atoms with Crippen LogP contribution in [0.3, 0.4) is 0 Å². The third-order valence-corrected chi connectivity index (χ3v) is 2.33. The molecule has 0 aliphatic heterocycles. The molecule has 0 saturated heterocycles. The number of hydrogen-bond acceptors (Lipinski definition) is 3. The summed E-state index contributed by atoms with van der Waals surface area (Å²) in [5.74, 6) is 0.868. The Morgan fingerprint density at radius 2 is 2.06 bits per heavy atom. The van der Waals surface area contributed by atoms with Crippen molar-refractivity contribution in [3.05, 3.63) is 42.2 Å². The van der Waals surface area contributed by atoms with E-state index < -0.39 is 0 Å². The lowest BCUT2D eigenvalue weighted by atomic mass is 10.1. The molecule has 3 nitrogen and oxygen atoms in total. The number of nitrogens with zero attached hydrogens (tertiary/aromatic N) is 1. The maximum absolute atomic E-state index is 5.26. The van der Waals surface area contributed by atoms with E-state index in [1.807, 2.05) is 43.3 Å². The number of hydrogen-bond donors (Lipinski definition) is 0.